The van der Waals surface area contributed by atoms with Gasteiger partial charge in [-0.05, 0) is 31.3 Å². The van der Waals surface area contributed by atoms with E-state index in [0.29, 0.717) is 23.7 Å². The summed E-state index contributed by atoms with van der Waals surface area (Å²) in [4.78, 5) is 11.3. The van der Waals surface area contributed by atoms with Gasteiger partial charge < -0.3 is 19.9 Å². The van der Waals surface area contributed by atoms with Crippen molar-refractivity contribution in [3.63, 3.8) is 0 Å². The average Bonchev–Trinajstić information content (AvgIpc) is 2.48. The number of hydrazone groups is 1. The summed E-state index contributed by atoms with van der Waals surface area (Å²) in [7, 11) is 1.53. The second kappa shape index (κ2) is 9.56. The number of nitrogens with one attached hydrogen (secondary N) is 1. The summed E-state index contributed by atoms with van der Waals surface area (Å²) < 4.78 is 15.7. The third kappa shape index (κ3) is 5.96. The van der Waals surface area contributed by atoms with Crippen LogP contribution in [0, 0.1) is 0 Å². The molecule has 7 nitrogen and oxygen atoms in total. The molecular formula is C14H19N3O4S. The van der Waals surface area contributed by atoms with E-state index >= 15 is 0 Å². The average molecular weight is 325 g/mol. The molecule has 1 aromatic rings. The number of carbonyl (C=O) groups is 1. The van der Waals surface area contributed by atoms with Crippen molar-refractivity contribution in [2.24, 2.45) is 10.8 Å². The molecule has 0 bridgehead atoms. The Hall–Kier alpha value is -2.35. The molecule has 0 amide bonds. The predicted octanol–water partition coefficient (Wildman–Crippen LogP) is 1.19. The molecule has 0 radical (unpaired) electrons. The van der Waals surface area contributed by atoms with Gasteiger partial charge in [-0.25, -0.2) is 0 Å². The van der Waals surface area contributed by atoms with Crippen molar-refractivity contribution >= 4 is 29.5 Å². The normalized spacial score (nSPS) is 10.3. The number of hydrogen-bond acceptors (Lipinski definition) is 6. The van der Waals surface area contributed by atoms with Crippen molar-refractivity contribution in [3.05, 3.63) is 23.8 Å². The molecule has 0 aliphatic carbocycles. The minimum Gasteiger partial charge on any atom is -0.493 e. The molecule has 0 heterocycles. The number of hydrogen-bond donors (Lipinski definition) is 2. The predicted molar refractivity (Wildman–Crippen MR) is 87.3 cm³/mol. The zero-order chi connectivity index (χ0) is 16.4. The lowest BCUT2D eigenvalue weighted by atomic mass is 10.2. The fourth-order valence-electron chi connectivity index (χ4n) is 1.58. The van der Waals surface area contributed by atoms with Gasteiger partial charge in [0.05, 0.1) is 33.0 Å². The van der Waals surface area contributed by atoms with E-state index in [0.717, 1.165) is 0 Å². The first-order valence-electron chi connectivity index (χ1n) is 6.62. The largest absolute Gasteiger partial charge is 0.493 e. The Labute approximate surface area is 134 Å². The molecule has 1 aromatic carbocycles. The van der Waals surface area contributed by atoms with E-state index in [1.165, 1.54) is 13.3 Å². The van der Waals surface area contributed by atoms with E-state index in [2.05, 4.69) is 22.7 Å². The van der Waals surface area contributed by atoms with Crippen molar-refractivity contribution in [2.75, 3.05) is 20.3 Å². The van der Waals surface area contributed by atoms with Crippen molar-refractivity contribution in [3.8, 4) is 11.5 Å². The van der Waals surface area contributed by atoms with Crippen molar-refractivity contribution in [2.45, 2.75) is 13.3 Å². The Morgan fingerprint density at radius 3 is 2.91 bits per heavy atom. The smallest absolute Gasteiger partial charge is 0.309 e. The number of methoxy groups -OCH3 is 1. The van der Waals surface area contributed by atoms with Crippen LogP contribution in [0.5, 0.6) is 11.5 Å². The van der Waals surface area contributed by atoms with Crippen molar-refractivity contribution < 1.29 is 19.0 Å². The van der Waals surface area contributed by atoms with E-state index in [-0.39, 0.29) is 24.1 Å². The lowest BCUT2D eigenvalue weighted by molar-refractivity contribution is -0.143. The minimum absolute atomic E-state index is 0.0592. The maximum absolute atomic E-state index is 11.3. The number of ether oxygens (including phenoxy) is 3. The van der Waals surface area contributed by atoms with Crippen LogP contribution >= 0.6 is 12.2 Å². The third-order valence-electron chi connectivity index (χ3n) is 2.47. The molecule has 0 saturated carbocycles. The second-order valence-electron chi connectivity index (χ2n) is 4.02. The van der Waals surface area contributed by atoms with Gasteiger partial charge in [-0.2, -0.15) is 5.10 Å². The van der Waals surface area contributed by atoms with E-state index < -0.39 is 0 Å². The SMILES string of the molecule is CCOC(=O)CCOc1c(C=NNC(N)=S)cccc1OC. The highest BCUT2D eigenvalue weighted by Gasteiger charge is 2.10. The molecule has 22 heavy (non-hydrogen) atoms. The maximum atomic E-state index is 11.3. The molecule has 0 spiro atoms. The zero-order valence-corrected chi connectivity index (χ0v) is 13.3. The van der Waals surface area contributed by atoms with Crippen LogP contribution < -0.4 is 20.6 Å². The Morgan fingerprint density at radius 2 is 2.27 bits per heavy atom. The summed E-state index contributed by atoms with van der Waals surface area (Å²) in [6.07, 6.45) is 1.65. The summed E-state index contributed by atoms with van der Waals surface area (Å²) in [6, 6.07) is 5.32. The summed E-state index contributed by atoms with van der Waals surface area (Å²) in [6.45, 7) is 2.27. The molecule has 0 atom stereocenters. The number of para-hydroxylation sites is 1. The van der Waals surface area contributed by atoms with Crippen molar-refractivity contribution in [1.82, 2.24) is 5.43 Å². The van der Waals surface area contributed by atoms with Crippen LogP contribution in [0.1, 0.15) is 18.9 Å². The van der Waals surface area contributed by atoms with Gasteiger partial charge in [-0.15, -0.1) is 0 Å². The Morgan fingerprint density at radius 1 is 1.50 bits per heavy atom. The molecule has 120 valence electrons. The first-order valence-corrected chi connectivity index (χ1v) is 7.03. The van der Waals surface area contributed by atoms with E-state index in [1.807, 2.05) is 0 Å². The molecule has 0 aliphatic rings. The Balaban J connectivity index is 2.78. The second-order valence-corrected chi connectivity index (χ2v) is 4.46. The first kappa shape index (κ1) is 17.7. The van der Waals surface area contributed by atoms with Crippen LogP contribution in [0.25, 0.3) is 0 Å². The highest BCUT2D eigenvalue weighted by atomic mass is 32.1. The Bertz CT molecular complexity index is 549. The molecule has 0 aliphatic heterocycles. The standard InChI is InChI=1S/C14H19N3O4S/c1-3-20-12(18)7-8-21-13-10(9-16-17-14(15)22)5-4-6-11(13)19-2/h4-6,9H,3,7-8H2,1-2H3,(H3,15,17,22). The number of rotatable bonds is 8. The highest BCUT2D eigenvalue weighted by molar-refractivity contribution is 7.80. The number of thiocarbonyl (C=S) groups is 1. The molecule has 0 aromatic heterocycles. The van der Waals surface area contributed by atoms with Gasteiger partial charge in [0.15, 0.2) is 16.6 Å². The summed E-state index contributed by atoms with van der Waals surface area (Å²) in [5.74, 6) is 0.689. The van der Waals surface area contributed by atoms with Gasteiger partial charge in [0.25, 0.3) is 0 Å². The van der Waals surface area contributed by atoms with Crippen LogP contribution in [0.3, 0.4) is 0 Å². The van der Waals surface area contributed by atoms with E-state index in [1.54, 1.807) is 25.1 Å². The van der Waals surface area contributed by atoms with Gasteiger partial charge in [-0.3, -0.25) is 10.2 Å². The number of benzene rings is 1. The maximum Gasteiger partial charge on any atom is 0.309 e. The summed E-state index contributed by atoms with van der Waals surface area (Å²) in [5.41, 5.74) is 8.41. The summed E-state index contributed by atoms with van der Waals surface area (Å²) >= 11 is 4.66. The van der Waals surface area contributed by atoms with Crippen LogP contribution in [-0.2, 0) is 9.53 Å². The van der Waals surface area contributed by atoms with Gasteiger partial charge in [0, 0.05) is 5.56 Å². The number of carbonyl (C=O) groups excluding carboxylic acids is 1. The first-order chi connectivity index (χ1) is 10.6. The van der Waals surface area contributed by atoms with Crippen LogP contribution in [0.15, 0.2) is 23.3 Å². The van der Waals surface area contributed by atoms with Crippen LogP contribution in [0.4, 0.5) is 0 Å². The van der Waals surface area contributed by atoms with Gasteiger partial charge in [-0.1, -0.05) is 6.07 Å². The van der Waals surface area contributed by atoms with Crippen molar-refractivity contribution in [1.29, 1.82) is 0 Å². The van der Waals surface area contributed by atoms with Gasteiger partial charge in [0.2, 0.25) is 0 Å². The van der Waals surface area contributed by atoms with Gasteiger partial charge in [0.1, 0.15) is 0 Å². The molecule has 0 saturated heterocycles. The van der Waals surface area contributed by atoms with Crippen LogP contribution in [0.2, 0.25) is 0 Å². The molecule has 0 unspecified atom stereocenters. The van der Waals surface area contributed by atoms with E-state index in [4.69, 9.17) is 19.9 Å². The highest BCUT2D eigenvalue weighted by Crippen LogP contribution is 2.30. The number of nitrogens with two attached hydrogens (primary N) is 1. The Kier molecular flexibility index (Phi) is 7.69. The quantitative estimate of drug-likeness (QED) is 0.321. The molecule has 3 N–H and O–H groups in total. The lowest BCUT2D eigenvalue weighted by Gasteiger charge is -2.12. The fraction of sp³-hybridized carbons (Fsp3) is 0.357. The molecule has 1 rings (SSSR count). The summed E-state index contributed by atoms with van der Waals surface area (Å²) in [5, 5.41) is 3.94. The van der Waals surface area contributed by atoms with Gasteiger partial charge >= 0.3 is 5.97 Å². The van der Waals surface area contributed by atoms with Crippen LogP contribution in [-0.4, -0.2) is 37.6 Å². The third-order valence-corrected chi connectivity index (χ3v) is 2.56. The monoisotopic (exact) mass is 325 g/mol. The van der Waals surface area contributed by atoms with E-state index in [9.17, 15) is 4.79 Å². The number of nitrogens with zero attached hydrogens (tertiary/aromatic N) is 1. The minimum atomic E-state index is -0.317. The zero-order valence-electron chi connectivity index (χ0n) is 12.5. The molecule has 0 fully saturated rings. The lowest BCUT2D eigenvalue weighted by Crippen LogP contribution is -2.24. The molecule has 8 heteroatoms. The topological polar surface area (TPSA) is 95.2 Å². The molecular weight excluding hydrogens is 306 g/mol. The number of esters is 1. The fourth-order valence-corrected chi connectivity index (χ4v) is 1.64.